The maximum atomic E-state index is 12.0. The predicted molar refractivity (Wildman–Crippen MR) is 92.8 cm³/mol. The Bertz CT molecular complexity index is 491. The van der Waals surface area contributed by atoms with E-state index in [1.807, 2.05) is 32.0 Å². The number of amides is 1. The van der Waals surface area contributed by atoms with Crippen LogP contribution in [-0.4, -0.2) is 25.7 Å². The topological polar surface area (TPSA) is 73.6 Å². The Balaban J connectivity index is 2.74. The maximum absolute atomic E-state index is 12.0. The van der Waals surface area contributed by atoms with Crippen LogP contribution in [0.25, 0.3) is 0 Å². The van der Waals surface area contributed by atoms with E-state index in [0.717, 1.165) is 30.6 Å². The number of nitrogens with two attached hydrogens (primary N) is 1. The largest absolute Gasteiger partial charge is 0.493 e. The number of nitrogens with one attached hydrogen (secondary N) is 1. The summed E-state index contributed by atoms with van der Waals surface area (Å²) in [6, 6.07) is 5.14. The minimum atomic E-state index is -0.457. The lowest BCUT2D eigenvalue weighted by atomic mass is 10.1. The molecule has 0 saturated heterocycles. The van der Waals surface area contributed by atoms with Crippen LogP contribution in [0.4, 0.5) is 0 Å². The Kier molecular flexibility index (Phi) is 8.48. The number of methoxy groups -OCH3 is 1. The van der Waals surface area contributed by atoms with Gasteiger partial charge in [0.15, 0.2) is 11.5 Å². The number of benzene rings is 1. The summed E-state index contributed by atoms with van der Waals surface area (Å²) < 4.78 is 11.1. The first kappa shape index (κ1) is 19.3. The van der Waals surface area contributed by atoms with Gasteiger partial charge in [0.25, 0.3) is 0 Å². The molecule has 1 aromatic rings. The molecule has 23 heavy (non-hydrogen) atoms. The smallest absolute Gasteiger partial charge is 0.237 e. The Hall–Kier alpha value is -1.75. The molecule has 0 aromatic heterocycles. The van der Waals surface area contributed by atoms with Crippen molar-refractivity contribution in [3.8, 4) is 11.5 Å². The third kappa shape index (κ3) is 6.10. The van der Waals surface area contributed by atoms with Crippen molar-refractivity contribution in [1.29, 1.82) is 0 Å². The summed E-state index contributed by atoms with van der Waals surface area (Å²) in [7, 11) is 1.62. The van der Waals surface area contributed by atoms with Gasteiger partial charge in [-0.2, -0.15) is 0 Å². The highest BCUT2D eigenvalue weighted by atomic mass is 16.5. The van der Waals surface area contributed by atoms with Crippen LogP contribution in [0.1, 0.15) is 58.1 Å². The van der Waals surface area contributed by atoms with Gasteiger partial charge in [0.1, 0.15) is 0 Å². The van der Waals surface area contributed by atoms with E-state index in [1.165, 1.54) is 0 Å². The normalized spacial score (nSPS) is 13.3. The zero-order valence-electron chi connectivity index (χ0n) is 14.7. The molecule has 0 spiro atoms. The van der Waals surface area contributed by atoms with Crippen LogP contribution in [0, 0.1) is 0 Å². The summed E-state index contributed by atoms with van der Waals surface area (Å²) in [5.41, 5.74) is 6.81. The zero-order chi connectivity index (χ0) is 17.2. The standard InChI is InChI=1S/C18H30N2O3/c1-5-7-11-23-16-10-9-14(12-17(16)22-4)13(3)20-18(21)15(19)8-6-2/h9-10,12-13,15H,5-8,11,19H2,1-4H3,(H,20,21). The Morgan fingerprint density at radius 2 is 2.00 bits per heavy atom. The van der Waals surface area contributed by atoms with E-state index >= 15 is 0 Å². The first-order valence-corrected chi connectivity index (χ1v) is 8.40. The van der Waals surface area contributed by atoms with Crippen LogP contribution in [0.3, 0.4) is 0 Å². The summed E-state index contributed by atoms with van der Waals surface area (Å²) in [6.07, 6.45) is 3.67. The molecule has 5 heteroatoms. The van der Waals surface area contributed by atoms with E-state index in [1.54, 1.807) is 7.11 Å². The fourth-order valence-electron chi connectivity index (χ4n) is 2.25. The van der Waals surface area contributed by atoms with Gasteiger partial charge in [-0.15, -0.1) is 0 Å². The second kappa shape index (κ2) is 10.1. The first-order chi connectivity index (χ1) is 11.0. The highest BCUT2D eigenvalue weighted by Crippen LogP contribution is 2.30. The quantitative estimate of drug-likeness (QED) is 0.649. The SMILES string of the molecule is CCCCOc1ccc(C(C)NC(=O)C(N)CCC)cc1OC. The fourth-order valence-corrected chi connectivity index (χ4v) is 2.25. The van der Waals surface area contributed by atoms with Crippen molar-refractivity contribution in [3.63, 3.8) is 0 Å². The lowest BCUT2D eigenvalue weighted by Gasteiger charge is -2.19. The average Bonchev–Trinajstić information content (AvgIpc) is 2.55. The molecule has 0 heterocycles. The molecule has 0 aliphatic rings. The molecule has 130 valence electrons. The Morgan fingerprint density at radius 3 is 2.61 bits per heavy atom. The molecule has 1 rings (SSSR count). The van der Waals surface area contributed by atoms with E-state index < -0.39 is 6.04 Å². The number of carbonyl (C=O) groups excluding carboxylic acids is 1. The summed E-state index contributed by atoms with van der Waals surface area (Å²) in [5.74, 6) is 1.28. The Labute approximate surface area is 139 Å². The molecule has 2 unspecified atom stereocenters. The van der Waals surface area contributed by atoms with Crippen LogP contribution in [-0.2, 0) is 4.79 Å². The number of ether oxygens (including phenoxy) is 2. The van der Waals surface area contributed by atoms with Gasteiger partial charge in [0.2, 0.25) is 5.91 Å². The number of hydrogen-bond donors (Lipinski definition) is 2. The van der Waals surface area contributed by atoms with E-state index in [-0.39, 0.29) is 11.9 Å². The highest BCUT2D eigenvalue weighted by Gasteiger charge is 2.17. The lowest BCUT2D eigenvalue weighted by Crippen LogP contribution is -2.41. The number of hydrogen-bond acceptors (Lipinski definition) is 4. The summed E-state index contributed by atoms with van der Waals surface area (Å²) in [5, 5.41) is 2.94. The second-order valence-electron chi connectivity index (χ2n) is 5.74. The molecule has 0 aliphatic heterocycles. The van der Waals surface area contributed by atoms with E-state index in [9.17, 15) is 4.79 Å². The summed E-state index contributed by atoms with van der Waals surface area (Å²) >= 11 is 0. The molecule has 2 atom stereocenters. The van der Waals surface area contributed by atoms with Crippen LogP contribution in [0.5, 0.6) is 11.5 Å². The van der Waals surface area contributed by atoms with Crippen LogP contribution in [0.15, 0.2) is 18.2 Å². The van der Waals surface area contributed by atoms with Crippen molar-refractivity contribution in [3.05, 3.63) is 23.8 Å². The fraction of sp³-hybridized carbons (Fsp3) is 0.611. The van der Waals surface area contributed by atoms with E-state index in [0.29, 0.717) is 18.8 Å². The first-order valence-electron chi connectivity index (χ1n) is 8.40. The van der Waals surface area contributed by atoms with Crippen molar-refractivity contribution in [2.24, 2.45) is 5.73 Å². The van der Waals surface area contributed by atoms with Crippen molar-refractivity contribution in [2.75, 3.05) is 13.7 Å². The molecular formula is C18H30N2O3. The monoisotopic (exact) mass is 322 g/mol. The van der Waals surface area contributed by atoms with E-state index in [2.05, 4.69) is 12.2 Å². The molecule has 1 aromatic carbocycles. The van der Waals surface area contributed by atoms with Gasteiger partial charge in [-0.3, -0.25) is 4.79 Å². The molecule has 0 fully saturated rings. The molecule has 5 nitrogen and oxygen atoms in total. The van der Waals surface area contributed by atoms with Gasteiger partial charge in [0, 0.05) is 0 Å². The van der Waals surface area contributed by atoms with Crippen molar-refractivity contribution in [2.45, 2.75) is 58.5 Å². The third-order valence-electron chi connectivity index (χ3n) is 3.74. The molecule has 0 saturated carbocycles. The minimum absolute atomic E-state index is 0.124. The van der Waals surface area contributed by atoms with Gasteiger partial charge in [-0.05, 0) is 37.5 Å². The van der Waals surface area contributed by atoms with Gasteiger partial charge < -0.3 is 20.5 Å². The van der Waals surface area contributed by atoms with Gasteiger partial charge in [-0.1, -0.05) is 32.8 Å². The molecular weight excluding hydrogens is 292 g/mol. The van der Waals surface area contributed by atoms with E-state index in [4.69, 9.17) is 15.2 Å². The van der Waals surface area contributed by atoms with Gasteiger partial charge >= 0.3 is 0 Å². The number of unbranched alkanes of at least 4 members (excludes halogenated alkanes) is 1. The number of rotatable bonds is 10. The molecule has 0 radical (unpaired) electrons. The van der Waals surface area contributed by atoms with Crippen LogP contribution < -0.4 is 20.5 Å². The Morgan fingerprint density at radius 1 is 1.26 bits per heavy atom. The number of carbonyl (C=O) groups is 1. The third-order valence-corrected chi connectivity index (χ3v) is 3.74. The summed E-state index contributed by atoms with van der Waals surface area (Å²) in [4.78, 5) is 12.0. The highest BCUT2D eigenvalue weighted by molar-refractivity contribution is 5.81. The zero-order valence-corrected chi connectivity index (χ0v) is 14.7. The predicted octanol–water partition coefficient (Wildman–Crippen LogP) is 3.18. The molecule has 0 aliphatic carbocycles. The van der Waals surface area contributed by atoms with Gasteiger partial charge in [0.05, 0.1) is 25.8 Å². The van der Waals surface area contributed by atoms with Crippen molar-refractivity contribution in [1.82, 2.24) is 5.32 Å². The summed E-state index contributed by atoms with van der Waals surface area (Å²) in [6.45, 7) is 6.74. The minimum Gasteiger partial charge on any atom is -0.493 e. The van der Waals surface area contributed by atoms with Gasteiger partial charge in [-0.25, -0.2) is 0 Å². The molecule has 0 bridgehead atoms. The average molecular weight is 322 g/mol. The second-order valence-corrected chi connectivity index (χ2v) is 5.74. The maximum Gasteiger partial charge on any atom is 0.237 e. The van der Waals surface area contributed by atoms with Crippen LogP contribution in [0.2, 0.25) is 0 Å². The molecule has 3 N–H and O–H groups in total. The van der Waals surface area contributed by atoms with Crippen molar-refractivity contribution >= 4 is 5.91 Å². The van der Waals surface area contributed by atoms with Crippen LogP contribution >= 0.6 is 0 Å². The lowest BCUT2D eigenvalue weighted by molar-refractivity contribution is -0.123. The van der Waals surface area contributed by atoms with Crippen molar-refractivity contribution < 1.29 is 14.3 Å². The molecule has 1 amide bonds.